The highest BCUT2D eigenvalue weighted by Gasteiger charge is 2.29. The average molecular weight is 483 g/mol. The standard InChI is InChI=1S/C30H30N2O4/c1-20(33)21-7-11-23(12-8-21)29(34)24-13-9-22(10-14-24)25-15-16-27-28(19-25)36-18-17-32(27)30(35)31-26-5-3-2-4-6-26/h2-6,9-10,13-16,19,21,23H,7-8,11-12,17-18H2,1H3,(H,31,35). The van der Waals surface area contributed by atoms with Gasteiger partial charge in [-0.3, -0.25) is 14.5 Å². The van der Waals surface area contributed by atoms with Crippen LogP contribution in [0.3, 0.4) is 0 Å². The van der Waals surface area contributed by atoms with Crippen molar-refractivity contribution in [2.24, 2.45) is 11.8 Å². The predicted molar refractivity (Wildman–Crippen MR) is 141 cm³/mol. The molecule has 3 aromatic carbocycles. The van der Waals surface area contributed by atoms with Crippen molar-refractivity contribution in [1.29, 1.82) is 0 Å². The summed E-state index contributed by atoms with van der Waals surface area (Å²) in [5, 5.41) is 2.93. The first-order valence-corrected chi connectivity index (χ1v) is 12.5. The van der Waals surface area contributed by atoms with Crippen molar-refractivity contribution in [1.82, 2.24) is 0 Å². The quantitative estimate of drug-likeness (QED) is 0.429. The molecule has 184 valence electrons. The molecule has 0 unspecified atom stereocenters. The highest BCUT2D eigenvalue weighted by atomic mass is 16.5. The van der Waals surface area contributed by atoms with E-state index in [0.717, 1.165) is 48.2 Å². The molecule has 3 aromatic rings. The van der Waals surface area contributed by atoms with E-state index in [1.165, 1.54) is 0 Å². The van der Waals surface area contributed by atoms with Crippen LogP contribution in [-0.2, 0) is 4.79 Å². The molecule has 1 aliphatic heterocycles. The van der Waals surface area contributed by atoms with Crippen molar-refractivity contribution in [3.8, 4) is 16.9 Å². The SMILES string of the molecule is CC(=O)C1CCC(C(=O)c2ccc(-c3ccc4c(c3)OCCN4C(=O)Nc3ccccc3)cc2)CC1. The summed E-state index contributed by atoms with van der Waals surface area (Å²) in [5.41, 5.74) is 4.12. The molecule has 5 rings (SSSR count). The molecule has 0 spiro atoms. The lowest BCUT2D eigenvalue weighted by Gasteiger charge is -2.30. The van der Waals surface area contributed by atoms with E-state index in [2.05, 4.69) is 5.32 Å². The van der Waals surface area contributed by atoms with Crippen LogP contribution < -0.4 is 15.0 Å². The van der Waals surface area contributed by atoms with Crippen LogP contribution >= 0.6 is 0 Å². The normalized spacial score (nSPS) is 19.1. The molecule has 0 atom stereocenters. The second kappa shape index (κ2) is 10.4. The minimum absolute atomic E-state index is 0.00314. The molecule has 36 heavy (non-hydrogen) atoms. The third-order valence-electron chi connectivity index (χ3n) is 7.27. The summed E-state index contributed by atoms with van der Waals surface area (Å²) in [7, 11) is 0. The van der Waals surface area contributed by atoms with Gasteiger partial charge in [0.1, 0.15) is 18.1 Å². The molecule has 0 aromatic heterocycles. The summed E-state index contributed by atoms with van der Waals surface area (Å²) in [5.74, 6) is 1.17. The van der Waals surface area contributed by atoms with Crippen LogP contribution in [0, 0.1) is 11.8 Å². The fourth-order valence-corrected chi connectivity index (χ4v) is 5.15. The van der Waals surface area contributed by atoms with Gasteiger partial charge in [-0.2, -0.15) is 0 Å². The van der Waals surface area contributed by atoms with E-state index in [-0.39, 0.29) is 29.4 Å². The third kappa shape index (κ3) is 5.03. The number of hydrogen-bond donors (Lipinski definition) is 1. The lowest BCUT2D eigenvalue weighted by atomic mass is 9.77. The van der Waals surface area contributed by atoms with Crippen molar-refractivity contribution in [3.63, 3.8) is 0 Å². The van der Waals surface area contributed by atoms with Gasteiger partial charge >= 0.3 is 6.03 Å². The number of ketones is 2. The molecule has 1 fully saturated rings. The molecule has 0 bridgehead atoms. The lowest BCUT2D eigenvalue weighted by molar-refractivity contribution is -0.121. The molecule has 1 heterocycles. The van der Waals surface area contributed by atoms with Gasteiger partial charge in [-0.05, 0) is 68.0 Å². The Labute approximate surface area is 211 Å². The Morgan fingerprint density at radius 2 is 1.50 bits per heavy atom. The summed E-state index contributed by atoms with van der Waals surface area (Å²) >= 11 is 0. The molecule has 2 aliphatic rings. The molecule has 1 aliphatic carbocycles. The number of carbonyl (C=O) groups is 3. The first kappa shape index (κ1) is 23.8. The zero-order valence-electron chi connectivity index (χ0n) is 20.4. The molecule has 6 heteroatoms. The van der Waals surface area contributed by atoms with E-state index in [4.69, 9.17) is 4.74 Å². The number of carbonyl (C=O) groups excluding carboxylic acids is 3. The van der Waals surface area contributed by atoms with Gasteiger partial charge in [0.25, 0.3) is 0 Å². The number of nitrogens with zero attached hydrogens (tertiary/aromatic N) is 1. The number of Topliss-reactive ketones (excluding diaryl/α,β-unsaturated/α-hetero) is 2. The predicted octanol–water partition coefficient (Wildman–Crippen LogP) is 6.36. The number of rotatable bonds is 5. The van der Waals surface area contributed by atoms with E-state index in [0.29, 0.717) is 24.5 Å². The highest BCUT2D eigenvalue weighted by Crippen LogP contribution is 2.37. The Morgan fingerprint density at radius 1 is 0.833 bits per heavy atom. The smallest absolute Gasteiger partial charge is 0.326 e. The zero-order chi connectivity index (χ0) is 25.1. The number of nitrogens with one attached hydrogen (secondary N) is 1. The minimum atomic E-state index is -0.196. The van der Waals surface area contributed by atoms with Crippen molar-refractivity contribution in [3.05, 3.63) is 78.4 Å². The Balaban J connectivity index is 1.28. The first-order chi connectivity index (χ1) is 17.5. The van der Waals surface area contributed by atoms with Crippen LogP contribution in [0.4, 0.5) is 16.2 Å². The summed E-state index contributed by atoms with van der Waals surface area (Å²) in [6, 6.07) is 22.7. The maximum absolute atomic E-state index is 13.0. The Bertz CT molecular complexity index is 1260. The Hall–Kier alpha value is -3.93. The Morgan fingerprint density at radius 3 is 2.19 bits per heavy atom. The number of para-hydroxylation sites is 1. The maximum Gasteiger partial charge on any atom is 0.326 e. The monoisotopic (exact) mass is 482 g/mol. The van der Waals surface area contributed by atoms with Crippen LogP contribution in [0.15, 0.2) is 72.8 Å². The summed E-state index contributed by atoms with van der Waals surface area (Å²) < 4.78 is 5.88. The molecule has 2 amide bonds. The zero-order valence-corrected chi connectivity index (χ0v) is 20.4. The molecule has 1 saturated carbocycles. The third-order valence-corrected chi connectivity index (χ3v) is 7.27. The molecule has 0 radical (unpaired) electrons. The van der Waals surface area contributed by atoms with Crippen molar-refractivity contribution in [2.75, 3.05) is 23.4 Å². The minimum Gasteiger partial charge on any atom is -0.490 e. The van der Waals surface area contributed by atoms with Crippen LogP contribution in [-0.4, -0.2) is 30.7 Å². The summed E-state index contributed by atoms with van der Waals surface area (Å²) in [6.07, 6.45) is 3.17. The van der Waals surface area contributed by atoms with Crippen molar-refractivity contribution < 1.29 is 19.1 Å². The van der Waals surface area contributed by atoms with Gasteiger partial charge < -0.3 is 10.1 Å². The molecule has 1 N–H and O–H groups in total. The van der Waals surface area contributed by atoms with Crippen LogP contribution in [0.2, 0.25) is 0 Å². The maximum atomic E-state index is 13.0. The fraction of sp³-hybridized carbons (Fsp3) is 0.300. The van der Waals surface area contributed by atoms with Gasteiger partial charge in [0.15, 0.2) is 5.78 Å². The molecule has 6 nitrogen and oxygen atoms in total. The molecule has 0 saturated heterocycles. The van der Waals surface area contributed by atoms with Crippen molar-refractivity contribution >= 4 is 29.0 Å². The van der Waals surface area contributed by atoms with E-state index in [1.807, 2.05) is 72.8 Å². The van der Waals surface area contributed by atoms with Crippen LogP contribution in [0.1, 0.15) is 43.0 Å². The van der Waals surface area contributed by atoms with Gasteiger partial charge in [-0.15, -0.1) is 0 Å². The van der Waals surface area contributed by atoms with Gasteiger partial charge in [0.05, 0.1) is 12.2 Å². The van der Waals surface area contributed by atoms with Gasteiger partial charge in [-0.1, -0.05) is 48.5 Å². The summed E-state index contributed by atoms with van der Waals surface area (Å²) in [6.45, 7) is 2.53. The number of urea groups is 1. The fourth-order valence-electron chi connectivity index (χ4n) is 5.15. The number of ether oxygens (including phenoxy) is 1. The highest BCUT2D eigenvalue weighted by molar-refractivity contribution is 6.03. The Kier molecular flexibility index (Phi) is 6.85. The van der Waals surface area contributed by atoms with Gasteiger partial charge in [0, 0.05) is 23.1 Å². The lowest BCUT2D eigenvalue weighted by Crippen LogP contribution is -2.40. The average Bonchev–Trinajstić information content (AvgIpc) is 2.92. The number of anilines is 2. The summed E-state index contributed by atoms with van der Waals surface area (Å²) in [4.78, 5) is 39.2. The van der Waals surface area contributed by atoms with E-state index in [9.17, 15) is 14.4 Å². The second-order valence-corrected chi connectivity index (χ2v) is 9.58. The van der Waals surface area contributed by atoms with E-state index < -0.39 is 0 Å². The largest absolute Gasteiger partial charge is 0.490 e. The van der Waals surface area contributed by atoms with Gasteiger partial charge in [-0.25, -0.2) is 4.79 Å². The number of fused-ring (bicyclic) bond motifs is 1. The van der Waals surface area contributed by atoms with E-state index in [1.54, 1.807) is 11.8 Å². The van der Waals surface area contributed by atoms with Crippen LogP contribution in [0.25, 0.3) is 11.1 Å². The van der Waals surface area contributed by atoms with Gasteiger partial charge in [0.2, 0.25) is 0 Å². The second-order valence-electron chi connectivity index (χ2n) is 9.58. The number of benzene rings is 3. The van der Waals surface area contributed by atoms with E-state index >= 15 is 0 Å². The number of amides is 2. The first-order valence-electron chi connectivity index (χ1n) is 12.5. The topological polar surface area (TPSA) is 75.7 Å². The molecular formula is C30H30N2O4. The van der Waals surface area contributed by atoms with Crippen molar-refractivity contribution in [2.45, 2.75) is 32.6 Å². The number of hydrogen-bond acceptors (Lipinski definition) is 4. The molecular weight excluding hydrogens is 452 g/mol. The van der Waals surface area contributed by atoms with Crippen LogP contribution in [0.5, 0.6) is 5.75 Å².